The number of nitrogens with one attached hydrogen (secondary N) is 2. The Labute approximate surface area is 101 Å². The van der Waals surface area contributed by atoms with Gasteiger partial charge in [-0.1, -0.05) is 12.0 Å². The van der Waals surface area contributed by atoms with E-state index in [-0.39, 0.29) is 0 Å². The number of aromatic nitrogens is 2. The van der Waals surface area contributed by atoms with Gasteiger partial charge < -0.3 is 19.8 Å². The van der Waals surface area contributed by atoms with Gasteiger partial charge in [0.2, 0.25) is 5.89 Å². The van der Waals surface area contributed by atoms with Gasteiger partial charge in [0.05, 0.1) is 12.6 Å². The third-order valence-electron chi connectivity index (χ3n) is 2.82. The molecule has 6 nitrogen and oxygen atoms in total. The van der Waals surface area contributed by atoms with Gasteiger partial charge in [0.15, 0.2) is 0 Å². The third kappa shape index (κ3) is 3.41. The van der Waals surface area contributed by atoms with Gasteiger partial charge in [-0.25, -0.2) is 0 Å². The predicted molar refractivity (Wildman–Crippen MR) is 63.7 cm³/mol. The molecule has 1 aliphatic rings. The number of ether oxygens (including phenoxy) is 1. The van der Waals surface area contributed by atoms with Gasteiger partial charge >= 0.3 is 6.01 Å². The van der Waals surface area contributed by atoms with Crippen molar-refractivity contribution < 1.29 is 9.15 Å². The highest BCUT2D eigenvalue weighted by molar-refractivity contribution is 5.21. The molecule has 6 heteroatoms. The average Bonchev–Trinajstić information content (AvgIpc) is 2.71. The highest BCUT2D eigenvalue weighted by atomic mass is 16.5. The van der Waals surface area contributed by atoms with Crippen LogP contribution >= 0.6 is 0 Å². The lowest BCUT2D eigenvalue weighted by atomic mass is 9.89. The quantitative estimate of drug-likeness (QED) is 0.745. The van der Waals surface area contributed by atoms with E-state index in [4.69, 9.17) is 9.15 Å². The van der Waals surface area contributed by atoms with Gasteiger partial charge in [-0.2, -0.15) is 0 Å². The van der Waals surface area contributed by atoms with Crippen molar-refractivity contribution in [2.24, 2.45) is 0 Å². The minimum Gasteiger partial charge on any atom is -0.407 e. The lowest BCUT2D eigenvalue weighted by Crippen LogP contribution is -2.40. The first-order valence-corrected chi connectivity index (χ1v) is 6.23. The van der Waals surface area contributed by atoms with Gasteiger partial charge in [0.1, 0.15) is 0 Å². The summed E-state index contributed by atoms with van der Waals surface area (Å²) in [4.78, 5) is 0. The van der Waals surface area contributed by atoms with Crippen molar-refractivity contribution in [1.29, 1.82) is 0 Å². The molecule has 1 aromatic rings. The second-order valence-corrected chi connectivity index (χ2v) is 4.17. The molecule has 0 unspecified atom stereocenters. The number of hydrogen-bond acceptors (Lipinski definition) is 6. The van der Waals surface area contributed by atoms with Crippen LogP contribution in [0.2, 0.25) is 0 Å². The van der Waals surface area contributed by atoms with Crippen LogP contribution in [0, 0.1) is 0 Å². The monoisotopic (exact) mass is 240 g/mol. The SMILES string of the molecule is CCNCc1nnc(NC2CC(OCC)C2)o1. The Morgan fingerprint density at radius 1 is 1.35 bits per heavy atom. The molecule has 2 rings (SSSR count). The molecule has 0 aliphatic heterocycles. The van der Waals surface area contributed by atoms with Crippen LogP contribution in [0.25, 0.3) is 0 Å². The van der Waals surface area contributed by atoms with Crippen LogP contribution < -0.4 is 10.6 Å². The minimum atomic E-state index is 0.390. The van der Waals surface area contributed by atoms with Gasteiger partial charge in [0.25, 0.3) is 0 Å². The largest absolute Gasteiger partial charge is 0.407 e. The molecule has 0 amide bonds. The maximum Gasteiger partial charge on any atom is 0.315 e. The van der Waals surface area contributed by atoms with Crippen LogP contribution in [0.3, 0.4) is 0 Å². The Morgan fingerprint density at radius 3 is 2.88 bits per heavy atom. The van der Waals surface area contributed by atoms with E-state index in [1.54, 1.807) is 0 Å². The van der Waals surface area contributed by atoms with Crippen LogP contribution in [0.5, 0.6) is 0 Å². The standard InChI is InChI=1S/C11H20N4O2/c1-3-12-7-10-14-15-11(17-10)13-8-5-9(6-8)16-4-2/h8-9,12H,3-7H2,1-2H3,(H,13,15). The fourth-order valence-corrected chi connectivity index (χ4v) is 1.85. The van der Waals surface area contributed by atoms with E-state index in [2.05, 4.69) is 20.8 Å². The molecule has 1 aliphatic carbocycles. The Balaban J connectivity index is 1.71. The highest BCUT2D eigenvalue weighted by Crippen LogP contribution is 2.26. The summed E-state index contributed by atoms with van der Waals surface area (Å²) in [5, 5.41) is 14.3. The summed E-state index contributed by atoms with van der Waals surface area (Å²) in [6.45, 7) is 6.36. The fourth-order valence-electron chi connectivity index (χ4n) is 1.85. The van der Waals surface area contributed by atoms with E-state index < -0.39 is 0 Å². The van der Waals surface area contributed by atoms with Gasteiger partial charge in [-0.3, -0.25) is 0 Å². The molecule has 0 atom stereocenters. The summed E-state index contributed by atoms with van der Waals surface area (Å²) in [5.41, 5.74) is 0. The minimum absolute atomic E-state index is 0.390. The molecule has 1 heterocycles. The first kappa shape index (κ1) is 12.3. The molecule has 0 bridgehead atoms. The zero-order valence-electron chi connectivity index (χ0n) is 10.4. The molecule has 96 valence electrons. The maximum atomic E-state index is 5.49. The van der Waals surface area contributed by atoms with E-state index >= 15 is 0 Å². The lowest BCUT2D eigenvalue weighted by molar-refractivity contribution is 0.00255. The maximum absolute atomic E-state index is 5.49. The van der Waals surface area contributed by atoms with E-state index in [0.717, 1.165) is 26.0 Å². The number of anilines is 1. The summed E-state index contributed by atoms with van der Waals surface area (Å²) in [6, 6.07) is 0.914. The van der Waals surface area contributed by atoms with Crippen LogP contribution in [-0.4, -0.2) is 35.5 Å². The van der Waals surface area contributed by atoms with E-state index in [1.807, 2.05) is 13.8 Å². The Bertz CT molecular complexity index is 336. The highest BCUT2D eigenvalue weighted by Gasteiger charge is 2.30. The Morgan fingerprint density at radius 2 is 2.18 bits per heavy atom. The summed E-state index contributed by atoms with van der Waals surface area (Å²) in [7, 11) is 0. The van der Waals surface area contributed by atoms with E-state index in [1.165, 1.54) is 0 Å². The van der Waals surface area contributed by atoms with Crippen molar-refractivity contribution in [3.8, 4) is 0 Å². The summed E-state index contributed by atoms with van der Waals surface area (Å²) in [5.74, 6) is 0.620. The van der Waals surface area contributed by atoms with Gasteiger partial charge in [-0.05, 0) is 26.3 Å². The topological polar surface area (TPSA) is 72.2 Å². The van der Waals surface area contributed by atoms with Crippen molar-refractivity contribution in [1.82, 2.24) is 15.5 Å². The smallest absolute Gasteiger partial charge is 0.315 e. The fraction of sp³-hybridized carbons (Fsp3) is 0.818. The molecule has 1 fully saturated rings. The molecule has 0 saturated heterocycles. The first-order chi connectivity index (χ1) is 8.31. The second-order valence-electron chi connectivity index (χ2n) is 4.17. The van der Waals surface area contributed by atoms with Gasteiger partial charge in [-0.15, -0.1) is 5.10 Å². The van der Waals surface area contributed by atoms with Crippen molar-refractivity contribution in [3.63, 3.8) is 0 Å². The zero-order valence-corrected chi connectivity index (χ0v) is 10.4. The predicted octanol–water partition coefficient (Wildman–Crippen LogP) is 1.16. The molecule has 17 heavy (non-hydrogen) atoms. The van der Waals surface area contributed by atoms with Crippen molar-refractivity contribution in [2.75, 3.05) is 18.5 Å². The van der Waals surface area contributed by atoms with Crippen molar-refractivity contribution >= 4 is 6.01 Å². The lowest BCUT2D eigenvalue weighted by Gasteiger charge is -2.34. The van der Waals surface area contributed by atoms with E-state index in [0.29, 0.717) is 30.6 Å². The molecule has 2 N–H and O–H groups in total. The summed E-state index contributed by atoms with van der Waals surface area (Å²) in [6.07, 6.45) is 2.42. The number of rotatable bonds is 7. The van der Waals surface area contributed by atoms with Crippen LogP contribution in [-0.2, 0) is 11.3 Å². The molecular weight excluding hydrogens is 220 g/mol. The molecule has 1 aromatic heterocycles. The van der Waals surface area contributed by atoms with Crippen molar-refractivity contribution in [3.05, 3.63) is 5.89 Å². The third-order valence-corrected chi connectivity index (χ3v) is 2.82. The number of hydrogen-bond donors (Lipinski definition) is 2. The zero-order chi connectivity index (χ0) is 12.1. The average molecular weight is 240 g/mol. The molecular formula is C11H20N4O2. The second kappa shape index (κ2) is 5.97. The summed E-state index contributed by atoms with van der Waals surface area (Å²) >= 11 is 0. The van der Waals surface area contributed by atoms with E-state index in [9.17, 15) is 0 Å². The molecule has 0 spiro atoms. The molecule has 0 aromatic carbocycles. The van der Waals surface area contributed by atoms with Gasteiger partial charge in [0, 0.05) is 12.6 Å². The Hall–Kier alpha value is -1.14. The summed E-state index contributed by atoms with van der Waals surface area (Å²) < 4.78 is 10.9. The van der Waals surface area contributed by atoms with Crippen LogP contribution in [0.4, 0.5) is 6.01 Å². The first-order valence-electron chi connectivity index (χ1n) is 6.23. The molecule has 1 saturated carbocycles. The van der Waals surface area contributed by atoms with Crippen LogP contribution in [0.15, 0.2) is 4.42 Å². The van der Waals surface area contributed by atoms with Crippen LogP contribution in [0.1, 0.15) is 32.6 Å². The molecule has 0 radical (unpaired) electrons. The number of nitrogens with zero attached hydrogens (tertiary/aromatic N) is 2. The Kier molecular flexibility index (Phi) is 4.33. The van der Waals surface area contributed by atoms with Crippen molar-refractivity contribution in [2.45, 2.75) is 45.4 Å². The normalized spacial score (nSPS) is 23.4.